The van der Waals surface area contributed by atoms with Crippen LogP contribution in [0.15, 0.2) is 83.3 Å². The maximum Gasteiger partial charge on any atom is 0.417 e. The molecule has 1 amide bonds. The molecule has 3 aromatic carbocycles. The molecule has 4 rings (SSSR count). The minimum atomic E-state index is -4.64. The number of nitrogens with one attached hydrogen (secondary N) is 1. The Balaban J connectivity index is 1.64. The summed E-state index contributed by atoms with van der Waals surface area (Å²) in [4.78, 5) is 12.8. The van der Waals surface area contributed by atoms with Gasteiger partial charge in [0.15, 0.2) is 5.76 Å². The number of carbonyl (C=O) groups is 1. The highest BCUT2D eigenvalue weighted by Gasteiger charge is 2.34. The fourth-order valence-electron chi connectivity index (χ4n) is 3.44. The molecule has 2 N–H and O–H groups in total. The first-order valence-electron chi connectivity index (χ1n) is 9.94. The SMILES string of the molecule is O=C(Nc1ccc(Cl)cc1C(O)c1ccccc1)c1ccc(-c2cc(Cl)ccc2C(F)(F)F)o1. The molecule has 34 heavy (non-hydrogen) atoms. The summed E-state index contributed by atoms with van der Waals surface area (Å²) in [6.45, 7) is 0. The van der Waals surface area contributed by atoms with Crippen molar-refractivity contribution in [1.82, 2.24) is 0 Å². The summed E-state index contributed by atoms with van der Waals surface area (Å²) in [6, 6.07) is 19.0. The van der Waals surface area contributed by atoms with Crippen LogP contribution in [-0.2, 0) is 6.18 Å². The van der Waals surface area contributed by atoms with Crippen LogP contribution in [0.1, 0.15) is 33.3 Å². The first kappa shape index (κ1) is 23.9. The summed E-state index contributed by atoms with van der Waals surface area (Å²) < 4.78 is 45.7. The molecule has 0 radical (unpaired) electrons. The molecule has 4 nitrogen and oxygen atoms in total. The Morgan fingerprint density at radius 1 is 0.912 bits per heavy atom. The van der Waals surface area contributed by atoms with E-state index in [2.05, 4.69) is 5.32 Å². The normalized spacial score (nSPS) is 12.4. The van der Waals surface area contributed by atoms with Gasteiger partial charge in [-0.3, -0.25) is 4.79 Å². The van der Waals surface area contributed by atoms with Crippen molar-refractivity contribution < 1.29 is 27.5 Å². The molecule has 0 saturated carbocycles. The number of hydrogen-bond donors (Lipinski definition) is 2. The predicted octanol–water partition coefficient (Wildman–Crippen LogP) is 7.61. The Morgan fingerprint density at radius 3 is 2.29 bits per heavy atom. The van der Waals surface area contributed by atoms with Crippen LogP contribution in [0.4, 0.5) is 18.9 Å². The van der Waals surface area contributed by atoms with Gasteiger partial charge >= 0.3 is 6.18 Å². The van der Waals surface area contributed by atoms with E-state index in [4.69, 9.17) is 27.6 Å². The molecule has 0 bridgehead atoms. The van der Waals surface area contributed by atoms with Crippen molar-refractivity contribution in [3.05, 3.63) is 111 Å². The molecule has 0 aliphatic heterocycles. The zero-order valence-electron chi connectivity index (χ0n) is 17.2. The summed E-state index contributed by atoms with van der Waals surface area (Å²) >= 11 is 12.0. The molecule has 1 heterocycles. The van der Waals surface area contributed by atoms with Gasteiger partial charge in [0.25, 0.3) is 5.91 Å². The van der Waals surface area contributed by atoms with Gasteiger partial charge in [0.2, 0.25) is 0 Å². The number of hydrogen-bond acceptors (Lipinski definition) is 3. The van der Waals surface area contributed by atoms with Crippen LogP contribution in [-0.4, -0.2) is 11.0 Å². The van der Waals surface area contributed by atoms with E-state index < -0.39 is 23.8 Å². The first-order valence-corrected chi connectivity index (χ1v) is 10.7. The molecule has 0 aliphatic carbocycles. The fourth-order valence-corrected chi connectivity index (χ4v) is 3.80. The van der Waals surface area contributed by atoms with Gasteiger partial charge in [-0.2, -0.15) is 13.2 Å². The highest BCUT2D eigenvalue weighted by atomic mass is 35.5. The third kappa shape index (κ3) is 5.12. The minimum absolute atomic E-state index is 0.0890. The molecule has 0 fully saturated rings. The Morgan fingerprint density at radius 2 is 1.59 bits per heavy atom. The van der Waals surface area contributed by atoms with Gasteiger partial charge in [-0.05, 0) is 54.1 Å². The lowest BCUT2D eigenvalue weighted by Gasteiger charge is -2.17. The third-order valence-corrected chi connectivity index (χ3v) is 5.52. The van der Waals surface area contributed by atoms with E-state index in [-0.39, 0.29) is 27.8 Å². The minimum Gasteiger partial charge on any atom is -0.451 e. The van der Waals surface area contributed by atoms with Gasteiger partial charge in [0.1, 0.15) is 11.9 Å². The number of amides is 1. The molecule has 1 aromatic heterocycles. The topological polar surface area (TPSA) is 62.5 Å². The monoisotopic (exact) mass is 505 g/mol. The van der Waals surface area contributed by atoms with E-state index >= 15 is 0 Å². The average Bonchev–Trinajstić information content (AvgIpc) is 3.30. The zero-order chi connectivity index (χ0) is 24.5. The Kier molecular flexibility index (Phi) is 6.70. The van der Waals surface area contributed by atoms with Crippen molar-refractivity contribution in [2.24, 2.45) is 0 Å². The predicted molar refractivity (Wildman–Crippen MR) is 124 cm³/mol. The Labute approximate surface area is 202 Å². The third-order valence-electron chi connectivity index (χ3n) is 5.05. The molecule has 0 saturated heterocycles. The first-order chi connectivity index (χ1) is 16.1. The van der Waals surface area contributed by atoms with E-state index in [1.165, 1.54) is 30.3 Å². The van der Waals surface area contributed by atoms with Crippen molar-refractivity contribution in [3.8, 4) is 11.3 Å². The highest BCUT2D eigenvalue weighted by molar-refractivity contribution is 6.31. The van der Waals surface area contributed by atoms with Gasteiger partial charge in [0, 0.05) is 26.9 Å². The lowest BCUT2D eigenvalue weighted by atomic mass is 10.00. The van der Waals surface area contributed by atoms with Crippen molar-refractivity contribution in [2.45, 2.75) is 12.3 Å². The number of alkyl halides is 3. The molecule has 1 unspecified atom stereocenters. The van der Waals surface area contributed by atoms with Gasteiger partial charge in [-0.25, -0.2) is 0 Å². The molecular weight excluding hydrogens is 490 g/mol. The van der Waals surface area contributed by atoms with Crippen LogP contribution in [0.3, 0.4) is 0 Å². The lowest BCUT2D eigenvalue weighted by molar-refractivity contribution is -0.137. The quantitative estimate of drug-likeness (QED) is 0.293. The number of anilines is 1. The number of furan rings is 1. The fraction of sp³-hybridized carbons (Fsp3) is 0.0800. The summed E-state index contributed by atoms with van der Waals surface area (Å²) in [5, 5.41) is 13.9. The zero-order valence-corrected chi connectivity index (χ0v) is 18.7. The van der Waals surface area contributed by atoms with Crippen LogP contribution in [0.25, 0.3) is 11.3 Å². The second kappa shape index (κ2) is 9.54. The van der Waals surface area contributed by atoms with Crippen LogP contribution in [0.5, 0.6) is 0 Å². The van der Waals surface area contributed by atoms with E-state index in [1.807, 2.05) is 0 Å². The number of aliphatic hydroxyl groups is 1. The van der Waals surface area contributed by atoms with E-state index in [0.29, 0.717) is 16.1 Å². The lowest BCUT2D eigenvalue weighted by Crippen LogP contribution is -2.14. The standard InChI is InChI=1S/C25H16Cl2F3NO3/c26-15-6-8-19(25(28,29)30)17(12-15)21-10-11-22(34-21)24(33)31-20-9-7-16(27)13-18(20)23(32)14-4-2-1-3-5-14/h1-13,23,32H,(H,31,33). The summed E-state index contributed by atoms with van der Waals surface area (Å²) in [5.41, 5.74) is -0.0356. The van der Waals surface area contributed by atoms with Gasteiger partial charge < -0.3 is 14.8 Å². The van der Waals surface area contributed by atoms with Crippen molar-refractivity contribution in [1.29, 1.82) is 0 Å². The maximum atomic E-state index is 13.4. The van der Waals surface area contributed by atoms with E-state index in [9.17, 15) is 23.1 Å². The van der Waals surface area contributed by atoms with E-state index in [0.717, 1.165) is 18.2 Å². The molecule has 0 spiro atoms. The van der Waals surface area contributed by atoms with Gasteiger partial charge in [-0.15, -0.1) is 0 Å². The van der Waals surface area contributed by atoms with Gasteiger partial charge in [-0.1, -0.05) is 53.5 Å². The number of carbonyl (C=O) groups excluding carboxylic acids is 1. The highest BCUT2D eigenvalue weighted by Crippen LogP contribution is 2.39. The average molecular weight is 506 g/mol. The summed E-state index contributed by atoms with van der Waals surface area (Å²) in [6.07, 6.45) is -5.72. The largest absolute Gasteiger partial charge is 0.451 e. The second-order valence-corrected chi connectivity index (χ2v) is 8.22. The van der Waals surface area contributed by atoms with Crippen LogP contribution in [0.2, 0.25) is 10.0 Å². The molecular formula is C25H16Cl2F3NO3. The second-order valence-electron chi connectivity index (χ2n) is 7.35. The summed E-state index contributed by atoms with van der Waals surface area (Å²) in [7, 11) is 0. The van der Waals surface area contributed by atoms with Crippen molar-refractivity contribution in [2.75, 3.05) is 5.32 Å². The summed E-state index contributed by atoms with van der Waals surface area (Å²) in [5.74, 6) is -1.11. The van der Waals surface area contributed by atoms with Crippen molar-refractivity contribution in [3.63, 3.8) is 0 Å². The molecule has 174 valence electrons. The van der Waals surface area contributed by atoms with Crippen LogP contribution < -0.4 is 5.32 Å². The van der Waals surface area contributed by atoms with Crippen LogP contribution >= 0.6 is 23.2 Å². The molecule has 9 heteroatoms. The molecule has 0 aliphatic rings. The molecule has 1 atom stereocenters. The smallest absolute Gasteiger partial charge is 0.417 e. The van der Waals surface area contributed by atoms with Crippen LogP contribution in [0, 0.1) is 0 Å². The Hall–Kier alpha value is -3.26. The Bertz CT molecular complexity index is 1340. The molecule has 4 aromatic rings. The number of aliphatic hydroxyl groups excluding tert-OH is 1. The van der Waals surface area contributed by atoms with E-state index in [1.54, 1.807) is 30.3 Å². The number of halogens is 5. The number of benzene rings is 3. The van der Waals surface area contributed by atoms with Crippen molar-refractivity contribution >= 4 is 34.8 Å². The van der Waals surface area contributed by atoms with Gasteiger partial charge in [0.05, 0.1) is 5.56 Å². The maximum absolute atomic E-state index is 13.4. The number of rotatable bonds is 5.